The molecule has 0 rings (SSSR count). The molecule has 0 amide bonds. The van der Waals surface area contributed by atoms with E-state index in [1.807, 2.05) is 0 Å². The summed E-state index contributed by atoms with van der Waals surface area (Å²) in [5, 5.41) is 0. The number of alkyl halides is 18. The van der Waals surface area contributed by atoms with E-state index in [2.05, 4.69) is 4.74 Å². The molecule has 0 N–H and O–H groups in total. The van der Waals surface area contributed by atoms with Crippen molar-refractivity contribution in [1.29, 1.82) is 0 Å². The zero-order valence-electron chi connectivity index (χ0n) is 14.6. The molecule has 0 bridgehead atoms. The molecule has 0 heterocycles. The van der Waals surface area contributed by atoms with Crippen molar-refractivity contribution in [3.05, 3.63) is 0 Å². The largest absolute Gasteiger partial charge is 0.461 e. The third-order valence-electron chi connectivity index (χ3n) is 2.90. The van der Waals surface area contributed by atoms with Crippen molar-refractivity contribution in [2.24, 2.45) is 0 Å². The Labute approximate surface area is 171 Å². The Bertz CT molecular complexity index is 771. The van der Waals surface area contributed by atoms with Crippen LogP contribution in [0, 0.1) is 0 Å². The van der Waals surface area contributed by atoms with Gasteiger partial charge in [0.25, 0.3) is 5.78 Å². The first-order chi connectivity index (χ1) is 14.5. The van der Waals surface area contributed by atoms with Crippen molar-refractivity contribution in [2.75, 3.05) is 6.86 Å². The molecule has 34 heavy (non-hydrogen) atoms. The molecule has 0 aliphatic heterocycles. The number of Topliss-reactive ketones (excluding diaryl/α,β-unsaturated/α-hetero) is 2. The molecule has 0 aromatic heterocycles. The normalized spacial score (nSPS) is 15.5. The van der Waals surface area contributed by atoms with E-state index in [4.69, 9.17) is 0 Å². The molecule has 0 atom stereocenters. The Kier molecular flexibility index (Phi) is 8.34. The van der Waals surface area contributed by atoms with Crippen LogP contribution in [0.25, 0.3) is 0 Å². The van der Waals surface area contributed by atoms with Crippen LogP contribution >= 0.6 is 0 Å². The van der Waals surface area contributed by atoms with Crippen LogP contribution in [-0.4, -0.2) is 67.0 Å². The van der Waals surface area contributed by atoms with Gasteiger partial charge in [-0.15, -0.1) is 0 Å². The molecular formula is C11H2F18O5. The van der Waals surface area contributed by atoms with Gasteiger partial charge in [-0.3, -0.25) is 14.3 Å². The molecular weight excluding hydrogens is 554 g/mol. The number of hydrogen-bond acceptors (Lipinski definition) is 5. The summed E-state index contributed by atoms with van der Waals surface area (Å²) in [5.74, 6) is -24.8. The van der Waals surface area contributed by atoms with Crippen LogP contribution in [0.1, 0.15) is 0 Å². The summed E-state index contributed by atoms with van der Waals surface area (Å²) < 4.78 is 233. The first kappa shape index (κ1) is 32.0. The van der Waals surface area contributed by atoms with Gasteiger partial charge < -0.3 is 0 Å². The minimum Gasteiger partial charge on any atom is -0.285 e. The highest BCUT2D eigenvalue weighted by atomic mass is 19.4. The van der Waals surface area contributed by atoms with Gasteiger partial charge in [0, 0.05) is 0 Å². The van der Waals surface area contributed by atoms with E-state index in [9.17, 15) is 88.6 Å². The fourth-order valence-electron chi connectivity index (χ4n) is 1.31. The van der Waals surface area contributed by atoms with Gasteiger partial charge in [0.1, 0.15) is 0 Å². The number of halogens is 18. The van der Waals surface area contributed by atoms with E-state index in [0.29, 0.717) is 0 Å². The minimum atomic E-state index is -7.59. The molecule has 202 valence electrons. The third kappa shape index (κ3) is 5.95. The highest BCUT2D eigenvalue weighted by Gasteiger charge is 2.77. The lowest BCUT2D eigenvalue weighted by atomic mass is 10.0. The fraction of sp³-hybridized carbons (Fsp3) is 0.818. The van der Waals surface area contributed by atoms with E-state index >= 15 is 0 Å². The van der Waals surface area contributed by atoms with Gasteiger partial charge in [0.2, 0.25) is 0 Å². The number of carbonyl (C=O) groups is 2. The van der Waals surface area contributed by atoms with Gasteiger partial charge in [-0.2, -0.15) is 74.6 Å². The molecule has 0 aromatic carbocycles. The van der Waals surface area contributed by atoms with Gasteiger partial charge in [-0.1, -0.05) is 0 Å². The van der Waals surface area contributed by atoms with Crippen molar-refractivity contribution in [3.63, 3.8) is 0 Å². The average molecular weight is 556 g/mol. The van der Waals surface area contributed by atoms with Gasteiger partial charge >= 0.3 is 54.3 Å². The zero-order valence-corrected chi connectivity index (χ0v) is 14.6. The van der Waals surface area contributed by atoms with Crippen molar-refractivity contribution >= 4 is 11.6 Å². The van der Waals surface area contributed by atoms with E-state index in [0.717, 1.165) is 0 Å². The number of ether oxygens (including phenoxy) is 3. The number of ketones is 2. The quantitative estimate of drug-likeness (QED) is 0.253. The van der Waals surface area contributed by atoms with E-state index in [1.165, 1.54) is 9.47 Å². The predicted molar refractivity (Wildman–Crippen MR) is 59.9 cm³/mol. The molecule has 0 saturated carbocycles. The Morgan fingerprint density at radius 1 is 0.529 bits per heavy atom. The number of carbonyl (C=O) groups excluding carboxylic acids is 2. The van der Waals surface area contributed by atoms with Crippen LogP contribution in [0.5, 0.6) is 0 Å². The van der Waals surface area contributed by atoms with Gasteiger partial charge in [0.15, 0.2) is 6.86 Å². The SMILES string of the molecule is O=C(C(F)(F)OC(F)(F)C(F)(F)OC(F)(F)C(F)(F)OCF)C(F)(F)C(=O)C(F)(F)C(F)(F)F. The van der Waals surface area contributed by atoms with Crippen molar-refractivity contribution in [3.8, 4) is 0 Å². The molecule has 0 spiro atoms. The molecule has 0 aliphatic carbocycles. The minimum absolute atomic E-state index is 1.46. The molecule has 0 saturated heterocycles. The average Bonchev–Trinajstić information content (AvgIpc) is 2.57. The predicted octanol–water partition coefficient (Wildman–Crippen LogP) is 4.90. The summed E-state index contributed by atoms with van der Waals surface area (Å²) in [6.45, 7) is -2.93. The molecule has 5 nitrogen and oxygen atoms in total. The summed E-state index contributed by atoms with van der Waals surface area (Å²) in [6.07, 6.45) is -43.4. The standard InChI is InChI=1S/C11H2F18O5/c12-1-32-8(22,23)9(24,25)34-11(28,29)10(26,27)33-6(17,18)3(31)4(13,14)2(30)5(15,16)7(19,20)21/h1H2. The second-order valence-electron chi connectivity index (χ2n) is 5.35. The van der Waals surface area contributed by atoms with Crippen LogP contribution in [0.15, 0.2) is 0 Å². The lowest BCUT2D eigenvalue weighted by molar-refractivity contribution is -0.542. The van der Waals surface area contributed by atoms with Crippen LogP contribution in [0.3, 0.4) is 0 Å². The molecule has 23 heteroatoms. The maximum Gasteiger partial charge on any atom is 0.461 e. The van der Waals surface area contributed by atoms with Crippen LogP contribution < -0.4 is 0 Å². The second kappa shape index (κ2) is 8.87. The zero-order chi connectivity index (χ0) is 28.0. The van der Waals surface area contributed by atoms with E-state index in [-0.39, 0.29) is 0 Å². The van der Waals surface area contributed by atoms with Crippen LogP contribution in [0.2, 0.25) is 0 Å². The lowest BCUT2D eigenvalue weighted by Crippen LogP contribution is -2.61. The van der Waals surface area contributed by atoms with Crippen LogP contribution in [-0.2, 0) is 23.8 Å². The molecule has 0 aliphatic rings. The molecule has 0 fully saturated rings. The van der Waals surface area contributed by atoms with Crippen molar-refractivity contribution in [1.82, 2.24) is 0 Å². The van der Waals surface area contributed by atoms with Gasteiger partial charge in [0.05, 0.1) is 0 Å². The monoisotopic (exact) mass is 556 g/mol. The highest BCUT2D eigenvalue weighted by molar-refractivity contribution is 6.13. The summed E-state index contributed by atoms with van der Waals surface area (Å²) in [5.41, 5.74) is 0. The Morgan fingerprint density at radius 2 is 0.882 bits per heavy atom. The summed E-state index contributed by atoms with van der Waals surface area (Å²) in [7, 11) is 0. The third-order valence-corrected chi connectivity index (χ3v) is 2.90. The first-order valence-electron chi connectivity index (χ1n) is 6.95. The molecule has 0 aromatic rings. The van der Waals surface area contributed by atoms with Gasteiger partial charge in [-0.25, -0.2) is 13.9 Å². The highest BCUT2D eigenvalue weighted by Crippen LogP contribution is 2.48. The van der Waals surface area contributed by atoms with Gasteiger partial charge in [-0.05, 0) is 0 Å². The maximum absolute atomic E-state index is 13.2. The van der Waals surface area contributed by atoms with E-state index in [1.54, 1.807) is 0 Å². The first-order valence-corrected chi connectivity index (χ1v) is 6.95. The van der Waals surface area contributed by atoms with Crippen LogP contribution in [0.4, 0.5) is 79.0 Å². The topological polar surface area (TPSA) is 61.8 Å². The summed E-state index contributed by atoms with van der Waals surface area (Å²) in [6, 6.07) is 0. The summed E-state index contributed by atoms with van der Waals surface area (Å²) in [4.78, 5) is 21.3. The summed E-state index contributed by atoms with van der Waals surface area (Å²) >= 11 is 0. The van der Waals surface area contributed by atoms with Crippen molar-refractivity contribution < 1.29 is 103 Å². The second-order valence-corrected chi connectivity index (χ2v) is 5.35. The fourth-order valence-corrected chi connectivity index (χ4v) is 1.31. The molecule has 0 unspecified atom stereocenters. The smallest absolute Gasteiger partial charge is 0.285 e. The number of rotatable bonds is 12. The van der Waals surface area contributed by atoms with Crippen molar-refractivity contribution in [2.45, 2.75) is 48.6 Å². The lowest BCUT2D eigenvalue weighted by Gasteiger charge is -2.33. The maximum atomic E-state index is 13.2. The molecule has 0 radical (unpaired) electrons. The Morgan fingerprint density at radius 3 is 1.24 bits per heavy atom. The van der Waals surface area contributed by atoms with E-state index < -0.39 is 67.0 Å². The number of hydrogen-bond donors (Lipinski definition) is 0. The Balaban J connectivity index is 6.05. The Hall–Kier alpha value is -2.04.